The van der Waals surface area contributed by atoms with Crippen molar-refractivity contribution in [1.82, 2.24) is 5.32 Å². The first kappa shape index (κ1) is 81.4. The Balaban J connectivity index is -0.000000426. The second-order valence-electron chi connectivity index (χ2n) is 19.4. The smallest absolute Gasteiger partial charge is 0.340 e. The Kier molecular flexibility index (Phi) is 45.6. The highest BCUT2D eigenvalue weighted by molar-refractivity contribution is 6.17. The number of alkyl halides is 1. The van der Waals surface area contributed by atoms with E-state index in [1.807, 2.05) is 99.7 Å². The van der Waals surface area contributed by atoms with Gasteiger partial charge in [0, 0.05) is 35.1 Å². The summed E-state index contributed by atoms with van der Waals surface area (Å²) in [4.78, 5) is 77.9. The summed E-state index contributed by atoms with van der Waals surface area (Å²) in [6.45, 7) is 57.4. The van der Waals surface area contributed by atoms with E-state index in [9.17, 15) is 33.6 Å². The van der Waals surface area contributed by atoms with Crippen molar-refractivity contribution < 1.29 is 57.2 Å². The first-order valence-electron chi connectivity index (χ1n) is 26.5. The zero-order valence-corrected chi connectivity index (χ0v) is 52.7. The van der Waals surface area contributed by atoms with E-state index >= 15 is 0 Å². The Bertz CT molecular complexity index is 2590. The van der Waals surface area contributed by atoms with E-state index in [-0.39, 0.29) is 53.0 Å². The Hall–Kier alpha value is -8.07. The average Bonchev–Trinajstić information content (AvgIpc) is 4.26. The van der Waals surface area contributed by atoms with Crippen LogP contribution in [0, 0.1) is 0 Å². The van der Waals surface area contributed by atoms with Crippen LogP contribution in [0.2, 0.25) is 0 Å². The lowest BCUT2D eigenvalue weighted by molar-refractivity contribution is -0.140. The molecule has 3 aromatic rings. The number of aliphatic imine (C=N–C) groups is 1. The zero-order chi connectivity index (χ0) is 64.9. The molecule has 0 aromatic heterocycles. The molecule has 1 amide bonds. The number of benzene rings is 3. The van der Waals surface area contributed by atoms with Crippen LogP contribution in [0.15, 0.2) is 177 Å². The predicted octanol–water partition coefficient (Wildman–Crippen LogP) is 15.1. The van der Waals surface area contributed by atoms with Gasteiger partial charge in [-0.1, -0.05) is 164 Å². The average molecular weight is 1170 g/mol. The number of hydrogen-bond donors (Lipinski definition) is 1. The molecule has 0 radical (unpaired) electrons. The van der Waals surface area contributed by atoms with Crippen molar-refractivity contribution in [3.8, 4) is 5.75 Å². The van der Waals surface area contributed by atoms with E-state index in [1.54, 1.807) is 66.7 Å². The number of unbranched alkanes of at least 4 members (excludes halogenated alkanes) is 1. The molecule has 2 aliphatic heterocycles. The Morgan fingerprint density at radius 3 is 1.37 bits per heavy atom. The minimum absolute atomic E-state index is 0.0585. The standard InChI is InChI=1S/C10H10O2.C9H9Cl.C9H17NO.C8H14O2.C8H8.C7H9NO2.C7H10O3.2C5H8O/c1-3-9-4-6-10(7-5-9)12-8(2)11;1-2-8-3-5-9(7-10)6-4-8;1-6-9(4,5)10-8(11)7(2)3;1-4-5-6-10-8(9)7(2)3;1-2-8-6-4-3-5-7-8;1-4-5-8-7(2,3)6(9)10-5;1-5(2)7(8)10-4-6-3-9-6;2*1-4(2)5(3)6/h3-7H,1H2,2H3;2-6H,1,7H2;2,6H2,1,3-5H3,(H,10,11);2,4-6H2,1,3H3;2-7H,1H2;4H,1H2,2-3H3;6H,1,3-4H2,2H3;2*1H2,2-3H3. The largest absolute Gasteiger partial charge is 0.462 e. The molecule has 0 saturated carbocycles. The molecular weight excluding hydrogens is 1070 g/mol. The molecule has 454 valence electrons. The van der Waals surface area contributed by atoms with Gasteiger partial charge in [0.2, 0.25) is 11.8 Å². The van der Waals surface area contributed by atoms with Crippen LogP contribution in [-0.2, 0) is 58.4 Å². The molecule has 1 saturated heterocycles. The maximum atomic E-state index is 11.1. The van der Waals surface area contributed by atoms with Crippen LogP contribution in [0.3, 0.4) is 0 Å². The number of allylic oxidation sites excluding steroid dienone is 2. The summed E-state index contributed by atoms with van der Waals surface area (Å²) >= 11 is 5.60. The lowest BCUT2D eigenvalue weighted by Crippen LogP contribution is -2.42. The summed E-state index contributed by atoms with van der Waals surface area (Å²) < 4.78 is 24.0. The number of cyclic esters (lactones) is 1. The molecule has 1 fully saturated rings. The fourth-order valence-electron chi connectivity index (χ4n) is 4.21. The molecule has 83 heavy (non-hydrogen) atoms. The van der Waals surface area contributed by atoms with Gasteiger partial charge in [-0.2, -0.15) is 0 Å². The number of nitrogens with zero attached hydrogens (tertiary/aromatic N) is 1. The number of carbonyl (C=O) groups excluding carboxylic acids is 7. The number of ketones is 2. The second-order valence-corrected chi connectivity index (χ2v) is 19.7. The van der Waals surface area contributed by atoms with Crippen LogP contribution < -0.4 is 10.1 Å². The van der Waals surface area contributed by atoms with Crippen LogP contribution in [0.25, 0.3) is 18.2 Å². The summed E-state index contributed by atoms with van der Waals surface area (Å²) in [5, 5.41) is 2.87. The number of amides is 1. The number of Topliss-reactive ketones (excluding diaryl/α,β-unsaturated/α-hetero) is 2. The summed E-state index contributed by atoms with van der Waals surface area (Å²) in [5.41, 5.74) is 6.33. The van der Waals surface area contributed by atoms with Crippen LogP contribution >= 0.6 is 11.6 Å². The van der Waals surface area contributed by atoms with E-state index < -0.39 is 5.54 Å². The summed E-state index contributed by atoms with van der Waals surface area (Å²) in [5.74, 6) is 0.287. The Morgan fingerprint density at radius 2 is 1.08 bits per heavy atom. The molecule has 1 N–H and O–H groups in total. The zero-order valence-electron chi connectivity index (χ0n) is 51.9. The third-order valence-corrected chi connectivity index (χ3v) is 10.5. The fraction of sp³-hybridized carbons (Fsp3) is 0.353. The van der Waals surface area contributed by atoms with E-state index in [2.05, 4.69) is 76.4 Å². The number of esters is 4. The maximum Gasteiger partial charge on any atom is 0.340 e. The van der Waals surface area contributed by atoms with Gasteiger partial charge in [-0.3, -0.25) is 19.2 Å². The molecule has 1 unspecified atom stereocenters. The molecule has 2 heterocycles. The van der Waals surface area contributed by atoms with E-state index in [4.69, 9.17) is 35.3 Å². The highest BCUT2D eigenvalue weighted by Gasteiger charge is 2.35. The number of carbonyl (C=O) groups is 7. The molecule has 0 spiro atoms. The lowest BCUT2D eigenvalue weighted by Gasteiger charge is -2.24. The Morgan fingerprint density at radius 1 is 0.663 bits per heavy atom. The van der Waals surface area contributed by atoms with Crippen molar-refractivity contribution in [2.45, 2.75) is 139 Å². The molecule has 0 aliphatic carbocycles. The van der Waals surface area contributed by atoms with Crippen LogP contribution in [0.1, 0.15) is 138 Å². The van der Waals surface area contributed by atoms with Crippen LogP contribution in [0.5, 0.6) is 5.75 Å². The molecule has 15 heteroatoms. The number of hydrogen-bond acceptors (Lipinski definition) is 13. The second kappa shape index (κ2) is 46.5. The van der Waals surface area contributed by atoms with Gasteiger partial charge < -0.3 is 29.0 Å². The number of epoxide rings is 1. The topological polar surface area (TPSA) is 193 Å². The highest BCUT2D eigenvalue weighted by Crippen LogP contribution is 2.19. The number of rotatable bonds is 18. The lowest BCUT2D eigenvalue weighted by atomic mass is 10.0. The maximum absolute atomic E-state index is 11.1. The van der Waals surface area contributed by atoms with Crippen molar-refractivity contribution in [1.29, 1.82) is 0 Å². The van der Waals surface area contributed by atoms with Crippen molar-refractivity contribution in [3.05, 3.63) is 194 Å². The summed E-state index contributed by atoms with van der Waals surface area (Å²) in [6.07, 6.45) is 9.85. The first-order chi connectivity index (χ1) is 38.6. The van der Waals surface area contributed by atoms with Gasteiger partial charge in [-0.05, 0) is 141 Å². The molecule has 1 atom stereocenters. The minimum atomic E-state index is -0.719. The van der Waals surface area contributed by atoms with Crippen LogP contribution in [0.4, 0.5) is 0 Å². The SMILES string of the molecule is C=C(C)C(=O)NC(C)(C)CC.C=C(C)C(=O)OCC1CO1.C=C(C)C(=O)OCCCC.C=C(C)C(C)=O.C=C(C)C(C)=O.C=CC1=NC(C)(C)C(=O)O1.C=Cc1ccc(CCl)cc1.C=Cc1ccc(OC(C)=O)cc1.C=Cc1ccccc1. The summed E-state index contributed by atoms with van der Waals surface area (Å²) in [7, 11) is 0. The van der Waals surface area contributed by atoms with Gasteiger partial charge in [0.25, 0.3) is 0 Å². The van der Waals surface area contributed by atoms with E-state index in [0.717, 1.165) is 36.0 Å². The van der Waals surface area contributed by atoms with Crippen molar-refractivity contribution in [2.75, 3.05) is 19.8 Å². The van der Waals surface area contributed by atoms with Gasteiger partial charge >= 0.3 is 23.9 Å². The molecular formula is C68H93ClN2O12. The monoisotopic (exact) mass is 1160 g/mol. The van der Waals surface area contributed by atoms with Crippen molar-refractivity contribution in [3.63, 3.8) is 0 Å². The number of nitrogens with one attached hydrogen (secondary N) is 1. The third kappa shape index (κ3) is 47.3. The van der Waals surface area contributed by atoms with Gasteiger partial charge in [0.05, 0.1) is 13.2 Å². The normalized spacial score (nSPS) is 12.2. The van der Waals surface area contributed by atoms with Gasteiger partial charge in [-0.15, -0.1) is 11.6 Å². The minimum Gasteiger partial charge on any atom is -0.462 e. The molecule has 2 aliphatic rings. The van der Waals surface area contributed by atoms with Gasteiger partial charge in [0.15, 0.2) is 17.1 Å². The Labute approximate surface area is 501 Å². The first-order valence-corrected chi connectivity index (χ1v) is 27.1. The van der Waals surface area contributed by atoms with Gasteiger partial charge in [-0.25, -0.2) is 19.4 Å². The van der Waals surface area contributed by atoms with E-state index in [1.165, 1.54) is 32.4 Å². The van der Waals surface area contributed by atoms with E-state index in [0.29, 0.717) is 65.2 Å². The van der Waals surface area contributed by atoms with Crippen molar-refractivity contribution in [2.24, 2.45) is 4.99 Å². The number of halogens is 1. The van der Waals surface area contributed by atoms with Gasteiger partial charge in [0.1, 0.15) is 18.5 Å². The molecule has 14 nitrogen and oxygen atoms in total. The predicted molar refractivity (Wildman–Crippen MR) is 343 cm³/mol. The van der Waals surface area contributed by atoms with Crippen molar-refractivity contribution >= 4 is 77.1 Å². The summed E-state index contributed by atoms with van der Waals surface area (Å²) in [6, 6.07) is 25.2. The van der Waals surface area contributed by atoms with Crippen LogP contribution in [-0.4, -0.2) is 84.3 Å². The molecule has 0 bridgehead atoms. The molecule has 3 aromatic carbocycles. The fourth-order valence-corrected chi connectivity index (χ4v) is 4.39. The quantitative estimate of drug-likeness (QED) is 0.0241. The highest BCUT2D eigenvalue weighted by atomic mass is 35.5. The molecule has 5 rings (SSSR count). The number of ether oxygens (including phenoxy) is 5. The third-order valence-electron chi connectivity index (χ3n) is 10.2.